The van der Waals surface area contributed by atoms with Gasteiger partial charge >= 0.3 is 0 Å². The van der Waals surface area contributed by atoms with Crippen LogP contribution in [0.3, 0.4) is 0 Å². The summed E-state index contributed by atoms with van der Waals surface area (Å²) in [5.41, 5.74) is 5.92. The summed E-state index contributed by atoms with van der Waals surface area (Å²) in [6.07, 6.45) is 2.29. The van der Waals surface area contributed by atoms with Gasteiger partial charge in [0.15, 0.2) is 6.29 Å². The largest absolute Gasteiger partial charge is 0.348 e. The molecule has 0 atom stereocenters. The fourth-order valence-corrected chi connectivity index (χ4v) is 3.61. The summed E-state index contributed by atoms with van der Waals surface area (Å²) in [6, 6.07) is 9.05. The second kappa shape index (κ2) is 9.51. The summed E-state index contributed by atoms with van der Waals surface area (Å²) in [7, 11) is 0. The van der Waals surface area contributed by atoms with E-state index in [9.17, 15) is 14.4 Å². The Morgan fingerprint density at radius 3 is 2.53 bits per heavy atom. The second-order valence-corrected chi connectivity index (χ2v) is 7.74. The van der Waals surface area contributed by atoms with Crippen molar-refractivity contribution in [1.29, 1.82) is 0 Å². The topological polar surface area (TPSA) is 94.9 Å². The van der Waals surface area contributed by atoms with E-state index in [2.05, 4.69) is 22.0 Å². The first kappa shape index (κ1) is 22.8. The van der Waals surface area contributed by atoms with E-state index < -0.39 is 0 Å². The van der Waals surface area contributed by atoms with Crippen molar-refractivity contribution in [1.82, 2.24) is 15.3 Å². The third kappa shape index (κ3) is 4.72. The summed E-state index contributed by atoms with van der Waals surface area (Å²) in [6.45, 7) is 12.4. The zero-order valence-electron chi connectivity index (χ0n) is 18.8. The van der Waals surface area contributed by atoms with Crippen molar-refractivity contribution in [2.24, 2.45) is 0 Å². The number of nitrogens with one attached hydrogen (secondary N) is 2. The first-order valence-electron chi connectivity index (χ1n) is 10.4. The monoisotopic (exact) mass is 431 g/mol. The number of aromatic nitrogens is 2. The maximum Gasteiger partial charge on any atom is 0.253 e. The first-order valence-corrected chi connectivity index (χ1v) is 10.4. The molecule has 3 aromatic rings. The number of H-pyrrole nitrogens is 1. The molecule has 0 saturated carbocycles. The minimum absolute atomic E-state index is 0.122. The Balaban J connectivity index is 2.00. The lowest BCUT2D eigenvalue weighted by Crippen LogP contribution is -2.28. The van der Waals surface area contributed by atoms with Crippen LogP contribution in [0.1, 0.15) is 50.2 Å². The lowest BCUT2D eigenvalue weighted by molar-refractivity contribution is -0.427. The van der Waals surface area contributed by atoms with Gasteiger partial charge in [0.1, 0.15) is 19.0 Å². The number of carbonyl (C=O) groups excluding carboxylic acids is 2. The van der Waals surface area contributed by atoms with E-state index in [0.717, 1.165) is 33.6 Å². The van der Waals surface area contributed by atoms with E-state index in [1.165, 1.54) is 0 Å². The van der Waals surface area contributed by atoms with Crippen LogP contribution in [0, 0.1) is 20.8 Å². The molecule has 0 radical (unpaired) electrons. The van der Waals surface area contributed by atoms with Gasteiger partial charge < -0.3 is 10.3 Å². The van der Waals surface area contributed by atoms with Gasteiger partial charge in [-0.05, 0) is 57.0 Å². The van der Waals surface area contributed by atoms with Crippen molar-refractivity contribution in [3.8, 4) is 11.1 Å². The van der Waals surface area contributed by atoms with Crippen LogP contribution in [0.15, 0.2) is 41.3 Å². The highest BCUT2D eigenvalue weighted by atomic mass is 16.2. The molecule has 0 aliphatic carbocycles. The van der Waals surface area contributed by atoms with Crippen molar-refractivity contribution in [3.05, 3.63) is 80.5 Å². The van der Waals surface area contributed by atoms with Crippen LogP contribution >= 0.6 is 0 Å². The van der Waals surface area contributed by atoms with Crippen molar-refractivity contribution in [2.45, 2.75) is 34.2 Å². The smallest absolute Gasteiger partial charge is 0.253 e. The van der Waals surface area contributed by atoms with Crippen molar-refractivity contribution in [3.63, 3.8) is 0 Å². The first-order chi connectivity index (χ1) is 15.2. The summed E-state index contributed by atoms with van der Waals surface area (Å²) in [4.78, 5) is 43.3. The molecule has 1 amide bonds. The zero-order valence-corrected chi connectivity index (χ0v) is 18.8. The van der Waals surface area contributed by atoms with Gasteiger partial charge in [-0.15, -0.1) is 0 Å². The number of hydrogen-bond donors (Lipinski definition) is 2. The molecule has 32 heavy (non-hydrogen) atoms. The Kier molecular flexibility index (Phi) is 6.78. The molecular weight excluding hydrogens is 404 g/mol. The van der Waals surface area contributed by atoms with Gasteiger partial charge in [0.2, 0.25) is 5.69 Å². The maximum atomic E-state index is 13.2. The predicted octanol–water partition coefficient (Wildman–Crippen LogP) is 3.47. The third-order valence-corrected chi connectivity index (χ3v) is 5.51. The van der Waals surface area contributed by atoms with Gasteiger partial charge in [0.05, 0.1) is 0 Å². The fourth-order valence-electron chi connectivity index (χ4n) is 3.61. The number of aryl methyl sites for hydroxylation is 2. The normalized spacial score (nSPS) is 10.6. The number of aromatic amines is 1. The van der Waals surface area contributed by atoms with Gasteiger partial charge in [-0.2, -0.15) is 0 Å². The van der Waals surface area contributed by atoms with Crippen LogP contribution in [-0.4, -0.2) is 40.0 Å². The molecule has 0 aliphatic rings. The molecule has 2 aromatic heterocycles. The van der Waals surface area contributed by atoms with Gasteiger partial charge in [-0.3, -0.25) is 19.4 Å². The molecule has 7 nitrogen and oxygen atoms in total. The molecule has 2 heterocycles. The highest BCUT2D eigenvalue weighted by Crippen LogP contribution is 2.30. The van der Waals surface area contributed by atoms with Crippen LogP contribution < -0.4 is 10.9 Å². The summed E-state index contributed by atoms with van der Waals surface area (Å²) in [5, 5.41) is 2.88. The molecule has 164 valence electrons. The van der Waals surface area contributed by atoms with Crippen LogP contribution in [0.25, 0.3) is 11.1 Å². The van der Waals surface area contributed by atoms with Gasteiger partial charge in [-0.25, -0.2) is 4.58 Å². The molecule has 0 unspecified atom stereocenters. The van der Waals surface area contributed by atoms with Crippen molar-refractivity contribution in [2.75, 3.05) is 6.54 Å². The Morgan fingerprint density at radius 2 is 1.94 bits per heavy atom. The van der Waals surface area contributed by atoms with Gasteiger partial charge in [0, 0.05) is 46.8 Å². The average molecular weight is 432 g/mol. The number of rotatable bonds is 7. The third-order valence-electron chi connectivity index (χ3n) is 5.51. The molecule has 0 bridgehead atoms. The number of hydrogen-bond acceptors (Lipinski definition) is 4. The number of benzene rings is 1. The fraction of sp³-hybridized carbons (Fsp3) is 0.240. The molecule has 0 spiro atoms. The number of nitrogens with zero attached hydrogens (tertiary/aromatic N) is 2. The standard InChI is InChI=1S/C25H26N4O3/c1-6-29(5)23-11-19(18-7-8-20(14-30)26-12-18)10-21(17(23)4)24(31)27-13-22-15(2)9-16(3)28-25(22)32/h7-12,14H,5-6,13H2,1-4H3,(H-,27,28,31,32)/p+1. The predicted molar refractivity (Wildman–Crippen MR) is 125 cm³/mol. The summed E-state index contributed by atoms with van der Waals surface area (Å²) >= 11 is 0. The maximum absolute atomic E-state index is 13.2. The van der Waals surface area contributed by atoms with Gasteiger partial charge in [0.25, 0.3) is 11.5 Å². The van der Waals surface area contributed by atoms with E-state index in [0.29, 0.717) is 29.7 Å². The number of carbonyl (C=O) groups is 2. The summed E-state index contributed by atoms with van der Waals surface area (Å²) < 4.78 is 1.82. The van der Waals surface area contributed by atoms with E-state index in [1.807, 2.05) is 44.4 Å². The van der Waals surface area contributed by atoms with E-state index >= 15 is 0 Å². The highest BCUT2D eigenvalue weighted by Gasteiger charge is 2.20. The Morgan fingerprint density at radius 1 is 1.19 bits per heavy atom. The van der Waals surface area contributed by atoms with Crippen LogP contribution in [0.4, 0.5) is 5.69 Å². The van der Waals surface area contributed by atoms with E-state index in [1.54, 1.807) is 24.4 Å². The molecule has 0 aliphatic heterocycles. The molecule has 3 rings (SSSR count). The van der Waals surface area contributed by atoms with Gasteiger partial charge in [-0.1, -0.05) is 6.07 Å². The second-order valence-electron chi connectivity index (χ2n) is 7.74. The Bertz CT molecular complexity index is 1260. The molecular formula is C25H27N4O3+. The minimum atomic E-state index is -0.285. The molecule has 0 saturated heterocycles. The van der Waals surface area contributed by atoms with Crippen LogP contribution in [0.5, 0.6) is 0 Å². The van der Waals surface area contributed by atoms with E-state index in [4.69, 9.17) is 0 Å². The quantitative estimate of drug-likeness (QED) is 0.340. The van der Waals surface area contributed by atoms with Crippen LogP contribution in [-0.2, 0) is 6.54 Å². The van der Waals surface area contributed by atoms with Crippen molar-refractivity contribution >= 4 is 24.6 Å². The number of aldehydes is 1. The Labute approximate surface area is 186 Å². The minimum Gasteiger partial charge on any atom is -0.348 e. The molecule has 2 N–H and O–H groups in total. The molecule has 0 fully saturated rings. The van der Waals surface area contributed by atoms with Crippen LogP contribution in [0.2, 0.25) is 0 Å². The Hall–Kier alpha value is -3.87. The molecule has 1 aromatic carbocycles. The molecule has 7 heteroatoms. The zero-order chi connectivity index (χ0) is 23.4. The number of pyridine rings is 2. The lowest BCUT2D eigenvalue weighted by Gasteiger charge is -2.13. The lowest BCUT2D eigenvalue weighted by atomic mass is 9.97. The van der Waals surface area contributed by atoms with E-state index in [-0.39, 0.29) is 18.0 Å². The number of amides is 1. The highest BCUT2D eigenvalue weighted by molar-refractivity contribution is 5.98. The summed E-state index contributed by atoms with van der Waals surface area (Å²) in [5.74, 6) is -0.285. The van der Waals surface area contributed by atoms with Crippen molar-refractivity contribution < 1.29 is 14.2 Å². The average Bonchev–Trinajstić information content (AvgIpc) is 2.78. The SMILES string of the molecule is C=[N+](CC)c1cc(-c2ccc(C=O)nc2)cc(C(=O)NCc2c(C)cc(C)[nH]c2=O)c1C.